The fourth-order valence-electron chi connectivity index (χ4n) is 2.83. The highest BCUT2D eigenvalue weighted by Gasteiger charge is 2.19. The molecule has 0 saturated carbocycles. The van der Waals surface area contributed by atoms with E-state index in [-0.39, 0.29) is 28.7 Å². The Balaban J connectivity index is 0.00000364. The molecule has 1 aliphatic rings. The standard InChI is InChI=1S/C19H32ClN5S.HI/c1-19(2,26-5)14-23-18(21-3)22-13-15-16(20)7-6-8-17(15)25-11-9-24(4)10-12-25;/h6-8H,9-14H2,1-5H3,(H2,21,22,23);1H. The number of nitrogens with zero attached hydrogens (tertiary/aromatic N) is 3. The number of piperazine rings is 1. The predicted octanol–water partition coefficient (Wildman–Crippen LogP) is 3.52. The highest BCUT2D eigenvalue weighted by Crippen LogP contribution is 2.28. The fraction of sp³-hybridized carbons (Fsp3) is 0.632. The van der Waals surface area contributed by atoms with Crippen molar-refractivity contribution in [3.63, 3.8) is 0 Å². The number of guanidine groups is 1. The molecule has 0 aromatic heterocycles. The van der Waals surface area contributed by atoms with Gasteiger partial charge in [0.25, 0.3) is 0 Å². The molecule has 27 heavy (non-hydrogen) atoms. The monoisotopic (exact) mass is 525 g/mol. The van der Waals surface area contributed by atoms with Gasteiger partial charge in [-0.1, -0.05) is 17.7 Å². The molecule has 0 aliphatic carbocycles. The molecule has 1 fully saturated rings. The van der Waals surface area contributed by atoms with Crippen molar-refractivity contribution in [3.8, 4) is 0 Å². The first kappa shape index (κ1) is 24.7. The Labute approximate surface area is 190 Å². The Morgan fingerprint density at radius 2 is 1.89 bits per heavy atom. The highest BCUT2D eigenvalue weighted by atomic mass is 127. The SMILES string of the molecule is CN=C(NCc1c(Cl)cccc1N1CCN(C)CC1)NCC(C)(C)SC.I. The molecule has 2 rings (SSSR count). The number of likely N-dealkylation sites (N-methyl/N-ethyl adjacent to an activating group) is 1. The van der Waals surface area contributed by atoms with E-state index in [1.54, 1.807) is 7.05 Å². The van der Waals surface area contributed by atoms with Crippen LogP contribution in [0.1, 0.15) is 19.4 Å². The molecule has 0 unspecified atom stereocenters. The second kappa shape index (κ2) is 11.6. The molecular weight excluding hydrogens is 493 g/mol. The average Bonchev–Trinajstić information content (AvgIpc) is 2.63. The van der Waals surface area contributed by atoms with Crippen molar-refractivity contribution in [1.82, 2.24) is 15.5 Å². The minimum absolute atomic E-state index is 0. The van der Waals surface area contributed by atoms with E-state index in [0.29, 0.717) is 6.54 Å². The maximum atomic E-state index is 6.54. The molecule has 0 spiro atoms. The number of nitrogens with one attached hydrogen (secondary N) is 2. The van der Waals surface area contributed by atoms with Crippen LogP contribution in [0.5, 0.6) is 0 Å². The second-order valence-corrected chi connectivity index (χ2v) is 9.19. The van der Waals surface area contributed by atoms with Crippen molar-refractivity contribution in [2.75, 3.05) is 58.0 Å². The summed E-state index contributed by atoms with van der Waals surface area (Å²) in [4.78, 5) is 9.13. The van der Waals surface area contributed by atoms with E-state index in [2.05, 4.69) is 58.6 Å². The van der Waals surface area contributed by atoms with E-state index in [9.17, 15) is 0 Å². The largest absolute Gasteiger partial charge is 0.369 e. The molecule has 1 heterocycles. The molecule has 154 valence electrons. The summed E-state index contributed by atoms with van der Waals surface area (Å²) >= 11 is 8.38. The van der Waals surface area contributed by atoms with Gasteiger partial charge in [0.2, 0.25) is 0 Å². The maximum Gasteiger partial charge on any atom is 0.191 e. The third-order valence-electron chi connectivity index (χ3n) is 4.83. The van der Waals surface area contributed by atoms with Gasteiger partial charge in [-0.2, -0.15) is 11.8 Å². The molecule has 0 bridgehead atoms. The molecule has 0 amide bonds. The van der Waals surface area contributed by atoms with E-state index >= 15 is 0 Å². The van der Waals surface area contributed by atoms with E-state index in [0.717, 1.165) is 49.3 Å². The fourth-order valence-corrected chi connectivity index (χ4v) is 3.28. The summed E-state index contributed by atoms with van der Waals surface area (Å²) < 4.78 is 0.160. The van der Waals surface area contributed by atoms with E-state index in [1.165, 1.54) is 5.69 Å². The maximum absolute atomic E-state index is 6.54. The molecular formula is C19H33ClIN5S. The number of anilines is 1. The lowest BCUT2D eigenvalue weighted by molar-refractivity contribution is 0.312. The van der Waals surface area contributed by atoms with Crippen molar-refractivity contribution in [2.24, 2.45) is 4.99 Å². The third kappa shape index (κ3) is 7.51. The van der Waals surface area contributed by atoms with Crippen molar-refractivity contribution >= 4 is 59.0 Å². The summed E-state index contributed by atoms with van der Waals surface area (Å²) in [6, 6.07) is 6.17. The molecule has 8 heteroatoms. The van der Waals surface area contributed by atoms with Gasteiger partial charge in [-0.05, 0) is 39.3 Å². The smallest absolute Gasteiger partial charge is 0.191 e. The van der Waals surface area contributed by atoms with Gasteiger partial charge in [0.15, 0.2) is 5.96 Å². The van der Waals surface area contributed by atoms with Crippen molar-refractivity contribution in [3.05, 3.63) is 28.8 Å². The third-order valence-corrected chi connectivity index (χ3v) is 6.43. The van der Waals surface area contributed by atoms with Crippen molar-refractivity contribution in [2.45, 2.75) is 25.1 Å². The summed E-state index contributed by atoms with van der Waals surface area (Å²) in [5, 5.41) is 7.63. The molecule has 5 nitrogen and oxygen atoms in total. The van der Waals surface area contributed by atoms with E-state index in [4.69, 9.17) is 11.6 Å². The van der Waals surface area contributed by atoms with Crippen LogP contribution in [0, 0.1) is 0 Å². The number of halogens is 2. The average molecular weight is 526 g/mol. The number of hydrogen-bond donors (Lipinski definition) is 2. The van der Waals surface area contributed by atoms with Crippen LogP contribution < -0.4 is 15.5 Å². The van der Waals surface area contributed by atoms with Gasteiger partial charge < -0.3 is 20.4 Å². The Hall–Kier alpha value is -0.380. The van der Waals surface area contributed by atoms with Crippen molar-refractivity contribution < 1.29 is 0 Å². The number of aliphatic imine (C=N–C) groups is 1. The number of thioether (sulfide) groups is 1. The van der Waals surface area contributed by atoms with Gasteiger partial charge in [-0.15, -0.1) is 24.0 Å². The van der Waals surface area contributed by atoms with Gasteiger partial charge in [0, 0.05) is 67.3 Å². The summed E-state index contributed by atoms with van der Waals surface area (Å²) in [6.45, 7) is 10.1. The quantitative estimate of drug-likeness (QED) is 0.338. The zero-order valence-corrected chi connectivity index (χ0v) is 20.9. The normalized spacial score (nSPS) is 16.1. The van der Waals surface area contributed by atoms with Crippen LogP contribution in [0.4, 0.5) is 5.69 Å². The van der Waals surface area contributed by atoms with Crippen LogP contribution in [-0.2, 0) is 6.54 Å². The lowest BCUT2D eigenvalue weighted by Gasteiger charge is -2.35. The molecule has 1 aliphatic heterocycles. The zero-order chi connectivity index (χ0) is 19.2. The number of benzene rings is 1. The first-order valence-electron chi connectivity index (χ1n) is 9.07. The van der Waals surface area contributed by atoms with Gasteiger partial charge in [0.05, 0.1) is 0 Å². The minimum atomic E-state index is 0. The molecule has 1 saturated heterocycles. The number of hydrogen-bond acceptors (Lipinski definition) is 4. The summed E-state index contributed by atoms with van der Waals surface area (Å²) in [5.74, 6) is 0.802. The lowest BCUT2D eigenvalue weighted by Crippen LogP contribution is -2.45. The second-order valence-electron chi connectivity index (χ2n) is 7.27. The predicted molar refractivity (Wildman–Crippen MR) is 132 cm³/mol. The molecule has 0 atom stereocenters. The summed E-state index contributed by atoms with van der Waals surface area (Å²) in [7, 11) is 3.97. The van der Waals surface area contributed by atoms with Crippen LogP contribution in [0.25, 0.3) is 0 Å². The van der Waals surface area contributed by atoms with Gasteiger partial charge in [-0.25, -0.2) is 0 Å². The first-order chi connectivity index (χ1) is 12.4. The Kier molecular flexibility index (Phi) is 10.6. The molecule has 1 aromatic carbocycles. The Bertz CT molecular complexity index is 618. The highest BCUT2D eigenvalue weighted by molar-refractivity contribution is 14.0. The van der Waals surface area contributed by atoms with E-state index < -0.39 is 0 Å². The van der Waals surface area contributed by atoms with Crippen molar-refractivity contribution in [1.29, 1.82) is 0 Å². The van der Waals surface area contributed by atoms with E-state index in [1.807, 2.05) is 23.9 Å². The minimum Gasteiger partial charge on any atom is -0.369 e. The molecule has 1 aromatic rings. The Morgan fingerprint density at radius 1 is 1.22 bits per heavy atom. The number of rotatable bonds is 6. The lowest BCUT2D eigenvalue weighted by atomic mass is 10.1. The van der Waals surface area contributed by atoms with Gasteiger partial charge in [-0.3, -0.25) is 4.99 Å². The van der Waals surface area contributed by atoms with Crippen LogP contribution in [-0.4, -0.2) is 68.7 Å². The zero-order valence-electron chi connectivity index (χ0n) is 17.0. The van der Waals surface area contributed by atoms with Gasteiger partial charge >= 0.3 is 0 Å². The molecule has 0 radical (unpaired) electrons. The topological polar surface area (TPSA) is 42.9 Å². The van der Waals surface area contributed by atoms with Crippen LogP contribution >= 0.6 is 47.3 Å². The van der Waals surface area contributed by atoms with Crippen LogP contribution in [0.3, 0.4) is 0 Å². The van der Waals surface area contributed by atoms with Gasteiger partial charge in [0.1, 0.15) is 0 Å². The molecule has 2 N–H and O–H groups in total. The summed E-state index contributed by atoms with van der Waals surface area (Å²) in [5.41, 5.74) is 2.35. The Morgan fingerprint density at radius 3 is 2.48 bits per heavy atom. The summed E-state index contributed by atoms with van der Waals surface area (Å²) in [6.07, 6.45) is 2.13. The first-order valence-corrected chi connectivity index (χ1v) is 10.7. The van der Waals surface area contributed by atoms with Crippen LogP contribution in [0.2, 0.25) is 5.02 Å². The van der Waals surface area contributed by atoms with Crippen LogP contribution in [0.15, 0.2) is 23.2 Å².